The number of benzene rings is 1. The maximum absolute atomic E-state index is 11.7. The summed E-state index contributed by atoms with van der Waals surface area (Å²) < 4.78 is 5.42. The Hall–Kier alpha value is -2.23. The molecule has 0 radical (unpaired) electrons. The predicted molar refractivity (Wildman–Crippen MR) is 67.8 cm³/mol. The number of rotatable bonds is 3. The third-order valence-electron chi connectivity index (χ3n) is 2.31. The van der Waals surface area contributed by atoms with Crippen LogP contribution in [-0.2, 0) is 0 Å². The molecule has 17 heavy (non-hydrogen) atoms. The topological polar surface area (TPSA) is 68.3 Å². The molecule has 3 N–H and O–H groups in total. The van der Waals surface area contributed by atoms with Crippen molar-refractivity contribution in [1.82, 2.24) is 5.32 Å². The fourth-order valence-electron chi connectivity index (χ4n) is 1.49. The van der Waals surface area contributed by atoms with Gasteiger partial charge < -0.3 is 15.5 Å². The zero-order chi connectivity index (χ0) is 12.4. The second-order valence-corrected chi connectivity index (χ2v) is 4.05. The van der Waals surface area contributed by atoms with E-state index in [-0.39, 0.29) is 11.7 Å². The summed E-state index contributed by atoms with van der Waals surface area (Å²) in [4.78, 5) is 11.7. The lowest BCUT2D eigenvalue weighted by Crippen LogP contribution is -2.24. The molecule has 0 saturated heterocycles. The van der Waals surface area contributed by atoms with Gasteiger partial charge in [-0.05, 0) is 31.2 Å². The summed E-state index contributed by atoms with van der Waals surface area (Å²) in [6.45, 7) is 6.00. The molecule has 4 nitrogen and oxygen atoms in total. The Morgan fingerprint density at radius 3 is 2.94 bits per heavy atom. The highest BCUT2D eigenvalue weighted by molar-refractivity contribution is 5.96. The Labute approximate surface area is 99.1 Å². The molecule has 0 aliphatic heterocycles. The van der Waals surface area contributed by atoms with Gasteiger partial charge in [0.2, 0.25) is 0 Å². The minimum atomic E-state index is -0.247. The van der Waals surface area contributed by atoms with Gasteiger partial charge in [-0.1, -0.05) is 12.2 Å². The first-order chi connectivity index (χ1) is 8.06. The number of furan rings is 1. The first-order valence-corrected chi connectivity index (χ1v) is 5.28. The fourth-order valence-corrected chi connectivity index (χ4v) is 1.49. The Bertz CT molecular complexity index is 584. The van der Waals surface area contributed by atoms with Crippen LogP contribution in [0.2, 0.25) is 0 Å². The Balaban J connectivity index is 2.24. The largest absolute Gasteiger partial charge is 0.451 e. The lowest BCUT2D eigenvalue weighted by atomic mass is 10.2. The van der Waals surface area contributed by atoms with Crippen molar-refractivity contribution in [2.24, 2.45) is 0 Å². The molecule has 2 rings (SSSR count). The van der Waals surface area contributed by atoms with Crippen molar-refractivity contribution in [2.75, 3.05) is 12.3 Å². The monoisotopic (exact) mass is 230 g/mol. The number of carbonyl (C=O) groups is 1. The highest BCUT2D eigenvalue weighted by Crippen LogP contribution is 2.21. The quantitative estimate of drug-likeness (QED) is 0.628. The standard InChI is InChI=1S/C13H14N2O2/c1-8(2)7-15-13(16)12-6-9-5-10(14)3-4-11(9)17-12/h3-6H,1,7,14H2,2H3,(H,15,16). The van der Waals surface area contributed by atoms with Crippen LogP contribution < -0.4 is 11.1 Å². The van der Waals surface area contributed by atoms with E-state index in [1.807, 2.05) is 6.92 Å². The number of hydrogen-bond donors (Lipinski definition) is 2. The van der Waals surface area contributed by atoms with Crippen LogP contribution >= 0.6 is 0 Å². The van der Waals surface area contributed by atoms with Crippen molar-refractivity contribution in [1.29, 1.82) is 0 Å². The zero-order valence-corrected chi connectivity index (χ0v) is 9.62. The summed E-state index contributed by atoms with van der Waals surface area (Å²) in [5.74, 6) is 0.0367. The summed E-state index contributed by atoms with van der Waals surface area (Å²) in [6, 6.07) is 6.94. The van der Waals surface area contributed by atoms with Crippen LogP contribution in [0.4, 0.5) is 5.69 Å². The molecule has 0 saturated carbocycles. The van der Waals surface area contributed by atoms with Gasteiger partial charge in [-0.2, -0.15) is 0 Å². The average Bonchev–Trinajstić information content (AvgIpc) is 2.68. The lowest BCUT2D eigenvalue weighted by Gasteiger charge is -2.00. The number of hydrogen-bond acceptors (Lipinski definition) is 3. The van der Waals surface area contributed by atoms with Crippen LogP contribution in [0.1, 0.15) is 17.5 Å². The van der Waals surface area contributed by atoms with Gasteiger partial charge in [0.25, 0.3) is 5.91 Å². The zero-order valence-electron chi connectivity index (χ0n) is 9.62. The number of carbonyl (C=O) groups excluding carboxylic acids is 1. The highest BCUT2D eigenvalue weighted by Gasteiger charge is 2.11. The van der Waals surface area contributed by atoms with Crippen LogP contribution in [0.15, 0.2) is 40.8 Å². The number of anilines is 1. The summed E-state index contributed by atoms with van der Waals surface area (Å²) in [7, 11) is 0. The number of nitrogens with one attached hydrogen (secondary N) is 1. The lowest BCUT2D eigenvalue weighted by molar-refractivity contribution is 0.0931. The molecule has 0 spiro atoms. The van der Waals surface area contributed by atoms with E-state index >= 15 is 0 Å². The number of nitrogens with two attached hydrogens (primary N) is 1. The van der Waals surface area contributed by atoms with Gasteiger partial charge in [0.05, 0.1) is 0 Å². The molecule has 0 fully saturated rings. The predicted octanol–water partition coefficient (Wildman–Crippen LogP) is 2.32. The molecule has 2 aromatic rings. The van der Waals surface area contributed by atoms with E-state index in [1.54, 1.807) is 24.3 Å². The minimum Gasteiger partial charge on any atom is -0.451 e. The molecule has 0 aliphatic carbocycles. The van der Waals surface area contributed by atoms with Gasteiger partial charge >= 0.3 is 0 Å². The second-order valence-electron chi connectivity index (χ2n) is 4.05. The van der Waals surface area contributed by atoms with E-state index in [1.165, 1.54) is 0 Å². The molecule has 0 unspecified atom stereocenters. The van der Waals surface area contributed by atoms with E-state index in [4.69, 9.17) is 10.2 Å². The molecular formula is C13H14N2O2. The maximum Gasteiger partial charge on any atom is 0.287 e. The van der Waals surface area contributed by atoms with E-state index < -0.39 is 0 Å². The molecule has 4 heteroatoms. The van der Waals surface area contributed by atoms with E-state index in [0.717, 1.165) is 11.0 Å². The first kappa shape index (κ1) is 11.3. The molecule has 0 bridgehead atoms. The fraction of sp³-hybridized carbons (Fsp3) is 0.154. The smallest absolute Gasteiger partial charge is 0.287 e. The molecule has 0 atom stereocenters. The van der Waals surface area contributed by atoms with Gasteiger partial charge in [-0.25, -0.2) is 0 Å². The third-order valence-corrected chi connectivity index (χ3v) is 2.31. The van der Waals surface area contributed by atoms with E-state index in [2.05, 4.69) is 11.9 Å². The van der Waals surface area contributed by atoms with Crippen LogP contribution in [0, 0.1) is 0 Å². The summed E-state index contributed by atoms with van der Waals surface area (Å²) >= 11 is 0. The van der Waals surface area contributed by atoms with Gasteiger partial charge in [-0.15, -0.1) is 0 Å². The highest BCUT2D eigenvalue weighted by atomic mass is 16.3. The molecule has 0 aliphatic rings. The maximum atomic E-state index is 11.7. The number of fused-ring (bicyclic) bond motifs is 1. The van der Waals surface area contributed by atoms with Gasteiger partial charge in [0.1, 0.15) is 5.58 Å². The first-order valence-electron chi connectivity index (χ1n) is 5.28. The normalized spacial score (nSPS) is 10.4. The van der Waals surface area contributed by atoms with E-state index in [0.29, 0.717) is 17.8 Å². The molecule has 1 aromatic carbocycles. The van der Waals surface area contributed by atoms with Gasteiger partial charge in [-0.3, -0.25) is 4.79 Å². The molecular weight excluding hydrogens is 216 g/mol. The second kappa shape index (κ2) is 4.33. The average molecular weight is 230 g/mol. The van der Waals surface area contributed by atoms with E-state index in [9.17, 15) is 4.79 Å². The molecule has 1 heterocycles. The third kappa shape index (κ3) is 2.47. The summed E-state index contributed by atoms with van der Waals surface area (Å²) in [5, 5.41) is 3.54. The summed E-state index contributed by atoms with van der Waals surface area (Å²) in [6.07, 6.45) is 0. The van der Waals surface area contributed by atoms with Crippen molar-refractivity contribution in [3.8, 4) is 0 Å². The Morgan fingerprint density at radius 2 is 2.24 bits per heavy atom. The van der Waals surface area contributed by atoms with Crippen molar-refractivity contribution < 1.29 is 9.21 Å². The molecule has 1 amide bonds. The number of nitrogen functional groups attached to an aromatic ring is 1. The van der Waals surface area contributed by atoms with Crippen LogP contribution in [0.5, 0.6) is 0 Å². The molecule has 1 aromatic heterocycles. The van der Waals surface area contributed by atoms with Gasteiger partial charge in [0.15, 0.2) is 5.76 Å². The molecule has 88 valence electrons. The van der Waals surface area contributed by atoms with Gasteiger partial charge in [0, 0.05) is 17.6 Å². The van der Waals surface area contributed by atoms with Crippen molar-refractivity contribution in [2.45, 2.75) is 6.92 Å². The Kier molecular flexibility index (Phi) is 2.87. The van der Waals surface area contributed by atoms with Crippen molar-refractivity contribution >= 4 is 22.6 Å². The Morgan fingerprint density at radius 1 is 1.47 bits per heavy atom. The van der Waals surface area contributed by atoms with Crippen molar-refractivity contribution in [3.63, 3.8) is 0 Å². The minimum absolute atomic E-state index is 0.247. The SMILES string of the molecule is C=C(C)CNC(=O)c1cc2cc(N)ccc2o1. The van der Waals surface area contributed by atoms with Crippen LogP contribution in [-0.4, -0.2) is 12.5 Å². The van der Waals surface area contributed by atoms with Crippen LogP contribution in [0.3, 0.4) is 0 Å². The summed E-state index contributed by atoms with van der Waals surface area (Å²) in [5.41, 5.74) is 7.84. The van der Waals surface area contributed by atoms with Crippen molar-refractivity contribution in [3.05, 3.63) is 42.2 Å². The van der Waals surface area contributed by atoms with Crippen LogP contribution in [0.25, 0.3) is 11.0 Å². The number of amides is 1.